The third kappa shape index (κ3) is 5.39. The maximum Gasteiger partial charge on any atom is 0.224 e. The smallest absolute Gasteiger partial charge is 0.224 e. The van der Waals surface area contributed by atoms with E-state index in [-0.39, 0.29) is 5.91 Å². The van der Waals surface area contributed by atoms with Gasteiger partial charge >= 0.3 is 0 Å². The first kappa shape index (κ1) is 17.6. The van der Waals surface area contributed by atoms with Gasteiger partial charge in [0.15, 0.2) is 11.5 Å². The lowest BCUT2D eigenvalue weighted by atomic mass is 10.2. The van der Waals surface area contributed by atoms with Gasteiger partial charge in [-0.25, -0.2) is 0 Å². The van der Waals surface area contributed by atoms with Gasteiger partial charge < -0.3 is 19.5 Å². The van der Waals surface area contributed by atoms with Gasteiger partial charge in [-0.1, -0.05) is 22.0 Å². The molecule has 0 spiro atoms. The molecule has 0 unspecified atom stereocenters. The highest BCUT2D eigenvalue weighted by Crippen LogP contribution is 2.32. The van der Waals surface area contributed by atoms with Crippen molar-refractivity contribution in [2.24, 2.45) is 0 Å². The molecule has 0 aromatic heterocycles. The van der Waals surface area contributed by atoms with Crippen molar-refractivity contribution >= 4 is 27.5 Å². The first-order valence-electron chi connectivity index (χ1n) is 8.28. The summed E-state index contributed by atoms with van der Waals surface area (Å²) in [5.74, 6) is 2.14. The van der Waals surface area contributed by atoms with Crippen molar-refractivity contribution in [1.29, 1.82) is 0 Å². The number of carbonyl (C=O) groups is 1. The topological polar surface area (TPSA) is 56.8 Å². The number of hydrogen-bond acceptors (Lipinski definition) is 4. The van der Waals surface area contributed by atoms with E-state index < -0.39 is 0 Å². The van der Waals surface area contributed by atoms with Crippen LogP contribution < -0.4 is 19.5 Å². The normalized spacial score (nSPS) is 13.0. The molecule has 1 aliphatic rings. The van der Waals surface area contributed by atoms with Crippen molar-refractivity contribution in [1.82, 2.24) is 0 Å². The number of nitrogens with one attached hydrogen (secondary N) is 1. The van der Waals surface area contributed by atoms with Crippen LogP contribution >= 0.6 is 15.9 Å². The summed E-state index contributed by atoms with van der Waals surface area (Å²) in [5, 5.41) is 2.88. The summed E-state index contributed by atoms with van der Waals surface area (Å²) in [4.78, 5) is 12.1. The van der Waals surface area contributed by atoms with Gasteiger partial charge in [-0.05, 0) is 36.8 Å². The average molecular weight is 406 g/mol. The molecule has 1 amide bonds. The van der Waals surface area contributed by atoms with Crippen LogP contribution in [0.2, 0.25) is 0 Å². The summed E-state index contributed by atoms with van der Waals surface area (Å²) in [6.07, 6.45) is 1.89. The van der Waals surface area contributed by atoms with Gasteiger partial charge in [-0.15, -0.1) is 0 Å². The highest BCUT2D eigenvalue weighted by atomic mass is 79.9. The molecule has 0 fully saturated rings. The number of fused-ring (bicyclic) bond motifs is 1. The Balaban J connectivity index is 1.44. The Morgan fingerprint density at radius 2 is 1.96 bits per heavy atom. The fourth-order valence-electron chi connectivity index (χ4n) is 2.44. The number of benzene rings is 2. The molecule has 1 N–H and O–H groups in total. The molecule has 1 heterocycles. The summed E-state index contributed by atoms with van der Waals surface area (Å²) in [6.45, 7) is 1.76. The molecule has 0 atom stereocenters. The van der Waals surface area contributed by atoms with Crippen LogP contribution in [0.4, 0.5) is 5.69 Å². The SMILES string of the molecule is O=C(CCCOc1cccc(Br)c1)Nc1ccc2c(c1)OCCCO2. The number of rotatable bonds is 6. The Morgan fingerprint density at radius 3 is 2.80 bits per heavy atom. The fourth-order valence-corrected chi connectivity index (χ4v) is 2.82. The lowest BCUT2D eigenvalue weighted by Gasteiger charge is -2.10. The zero-order valence-corrected chi connectivity index (χ0v) is 15.4. The highest BCUT2D eigenvalue weighted by molar-refractivity contribution is 9.10. The largest absolute Gasteiger partial charge is 0.494 e. The molecule has 0 saturated heterocycles. The summed E-state index contributed by atoms with van der Waals surface area (Å²) in [6, 6.07) is 13.1. The van der Waals surface area contributed by atoms with Crippen LogP contribution in [0.3, 0.4) is 0 Å². The van der Waals surface area contributed by atoms with Crippen molar-refractivity contribution in [3.8, 4) is 17.2 Å². The van der Waals surface area contributed by atoms with Crippen LogP contribution in [0, 0.1) is 0 Å². The van der Waals surface area contributed by atoms with Crippen molar-refractivity contribution in [3.63, 3.8) is 0 Å². The Hall–Kier alpha value is -2.21. The second kappa shape index (κ2) is 8.76. The zero-order valence-electron chi connectivity index (χ0n) is 13.8. The third-order valence-corrected chi connectivity index (χ3v) is 4.14. The number of amides is 1. The second-order valence-corrected chi connectivity index (χ2v) is 6.59. The summed E-state index contributed by atoms with van der Waals surface area (Å²) in [7, 11) is 0. The first-order valence-corrected chi connectivity index (χ1v) is 9.08. The molecule has 2 aromatic carbocycles. The van der Waals surface area contributed by atoms with Crippen LogP contribution in [0.25, 0.3) is 0 Å². The molecule has 2 aromatic rings. The Morgan fingerprint density at radius 1 is 1.12 bits per heavy atom. The molecule has 5 nitrogen and oxygen atoms in total. The van der Waals surface area contributed by atoms with E-state index >= 15 is 0 Å². The van der Waals surface area contributed by atoms with Crippen molar-refractivity contribution in [2.45, 2.75) is 19.3 Å². The number of halogens is 1. The standard InChI is InChI=1S/C19H20BrNO4/c20-14-4-1-5-16(12-14)23-9-2-6-19(22)21-15-7-8-17-18(13-15)25-11-3-10-24-17/h1,4-5,7-8,12-13H,2-3,6,9-11H2,(H,21,22). The van der Waals surface area contributed by atoms with E-state index in [4.69, 9.17) is 14.2 Å². The van der Waals surface area contributed by atoms with E-state index in [0.29, 0.717) is 44.1 Å². The number of ether oxygens (including phenoxy) is 3. The predicted octanol–water partition coefficient (Wildman–Crippen LogP) is 4.41. The first-order chi connectivity index (χ1) is 12.2. The second-order valence-electron chi connectivity index (χ2n) is 5.67. The molecular formula is C19H20BrNO4. The van der Waals surface area contributed by atoms with Crippen LogP contribution in [-0.2, 0) is 4.79 Å². The van der Waals surface area contributed by atoms with E-state index in [1.165, 1.54) is 0 Å². The number of anilines is 1. The maximum absolute atomic E-state index is 12.1. The summed E-state index contributed by atoms with van der Waals surface area (Å²) >= 11 is 3.40. The minimum atomic E-state index is -0.0488. The quantitative estimate of drug-likeness (QED) is 0.723. The van der Waals surface area contributed by atoms with Crippen LogP contribution in [0.5, 0.6) is 17.2 Å². The number of carbonyl (C=O) groups excluding carboxylic acids is 1. The lowest BCUT2D eigenvalue weighted by Crippen LogP contribution is -2.13. The predicted molar refractivity (Wildman–Crippen MR) is 99.5 cm³/mol. The molecule has 132 valence electrons. The van der Waals surface area contributed by atoms with Crippen LogP contribution in [0.1, 0.15) is 19.3 Å². The molecule has 0 saturated carbocycles. The van der Waals surface area contributed by atoms with Gasteiger partial charge in [0, 0.05) is 29.1 Å². The average Bonchev–Trinajstić information content (AvgIpc) is 2.84. The van der Waals surface area contributed by atoms with Crippen LogP contribution in [0.15, 0.2) is 46.9 Å². The Bertz CT molecular complexity index is 735. The molecule has 3 rings (SSSR count). The highest BCUT2D eigenvalue weighted by Gasteiger charge is 2.11. The Labute approximate surface area is 155 Å². The molecule has 0 aliphatic carbocycles. The van der Waals surface area contributed by atoms with Crippen molar-refractivity contribution in [3.05, 3.63) is 46.9 Å². The molecule has 0 bridgehead atoms. The zero-order chi connectivity index (χ0) is 17.5. The fraction of sp³-hybridized carbons (Fsp3) is 0.316. The molecule has 0 radical (unpaired) electrons. The van der Waals surface area contributed by atoms with Crippen molar-refractivity contribution < 1.29 is 19.0 Å². The van der Waals surface area contributed by atoms with E-state index in [2.05, 4.69) is 21.2 Å². The van der Waals surface area contributed by atoms with Crippen molar-refractivity contribution in [2.75, 3.05) is 25.1 Å². The van der Waals surface area contributed by atoms with E-state index in [9.17, 15) is 4.79 Å². The van der Waals surface area contributed by atoms with Crippen LogP contribution in [-0.4, -0.2) is 25.7 Å². The Kier molecular flexibility index (Phi) is 6.17. The van der Waals surface area contributed by atoms with Gasteiger partial charge in [-0.3, -0.25) is 4.79 Å². The molecular weight excluding hydrogens is 386 g/mol. The lowest BCUT2D eigenvalue weighted by molar-refractivity contribution is -0.116. The molecule has 1 aliphatic heterocycles. The summed E-state index contributed by atoms with van der Waals surface area (Å²) < 4.78 is 17.8. The van der Waals surface area contributed by atoms with Gasteiger partial charge in [0.1, 0.15) is 5.75 Å². The minimum absolute atomic E-state index is 0.0488. The monoisotopic (exact) mass is 405 g/mol. The van der Waals surface area contributed by atoms with E-state index in [0.717, 1.165) is 22.4 Å². The summed E-state index contributed by atoms with van der Waals surface area (Å²) in [5.41, 5.74) is 0.710. The van der Waals surface area contributed by atoms with E-state index in [1.54, 1.807) is 6.07 Å². The van der Waals surface area contributed by atoms with Gasteiger partial charge in [-0.2, -0.15) is 0 Å². The van der Waals surface area contributed by atoms with Gasteiger partial charge in [0.05, 0.1) is 19.8 Å². The maximum atomic E-state index is 12.1. The third-order valence-electron chi connectivity index (χ3n) is 3.64. The van der Waals surface area contributed by atoms with Gasteiger partial charge in [0.25, 0.3) is 0 Å². The molecule has 6 heteroatoms. The molecule has 25 heavy (non-hydrogen) atoms. The minimum Gasteiger partial charge on any atom is -0.494 e. The number of hydrogen-bond donors (Lipinski definition) is 1. The van der Waals surface area contributed by atoms with E-state index in [1.807, 2.05) is 36.4 Å². The van der Waals surface area contributed by atoms with Gasteiger partial charge in [0.2, 0.25) is 5.91 Å².